The van der Waals surface area contributed by atoms with Crippen molar-refractivity contribution in [2.24, 2.45) is 5.92 Å². The Morgan fingerprint density at radius 1 is 1.30 bits per heavy atom. The number of anilines is 1. The number of hydrogen-bond donors (Lipinski definition) is 3. The molecule has 2 heterocycles. The van der Waals surface area contributed by atoms with Crippen LogP contribution in [0.5, 0.6) is 5.75 Å². The van der Waals surface area contributed by atoms with Crippen LogP contribution in [0.2, 0.25) is 0 Å². The van der Waals surface area contributed by atoms with Crippen LogP contribution in [0.25, 0.3) is 10.9 Å². The molecule has 9 heteroatoms. The number of halogens is 1. The van der Waals surface area contributed by atoms with E-state index < -0.39 is 35.0 Å². The molecule has 1 aromatic heterocycles. The van der Waals surface area contributed by atoms with Gasteiger partial charge < -0.3 is 29.5 Å². The summed E-state index contributed by atoms with van der Waals surface area (Å²) in [4.78, 5) is 26.0. The lowest BCUT2D eigenvalue weighted by Crippen LogP contribution is -2.31. The highest BCUT2D eigenvalue weighted by Crippen LogP contribution is 2.46. The van der Waals surface area contributed by atoms with Gasteiger partial charge in [0.05, 0.1) is 30.2 Å². The van der Waals surface area contributed by atoms with Gasteiger partial charge in [-0.1, -0.05) is 6.08 Å². The van der Waals surface area contributed by atoms with Crippen LogP contribution in [0.15, 0.2) is 28.7 Å². The third-order valence-corrected chi connectivity index (χ3v) is 6.30. The van der Waals surface area contributed by atoms with E-state index in [2.05, 4.69) is 0 Å². The van der Waals surface area contributed by atoms with Gasteiger partial charge in [0, 0.05) is 31.2 Å². The van der Waals surface area contributed by atoms with Gasteiger partial charge in [-0.2, -0.15) is 0 Å². The number of benzene rings is 1. The number of aromatic carboxylic acids is 1. The van der Waals surface area contributed by atoms with Crippen LogP contribution in [0, 0.1) is 11.7 Å². The van der Waals surface area contributed by atoms with E-state index in [1.807, 2.05) is 0 Å². The fraction of sp³-hybridized carbons (Fsp3) is 0.429. The first-order valence-corrected chi connectivity index (χ1v) is 9.82. The molecule has 0 bridgehead atoms. The van der Waals surface area contributed by atoms with Gasteiger partial charge in [-0.25, -0.2) is 9.18 Å². The molecule has 3 unspecified atom stereocenters. The van der Waals surface area contributed by atoms with Crippen LogP contribution in [-0.2, 0) is 0 Å². The minimum atomic E-state index is -1.35. The molecule has 0 radical (unpaired) electrons. The monoisotopic (exact) mass is 416 g/mol. The van der Waals surface area contributed by atoms with Crippen molar-refractivity contribution in [1.82, 2.24) is 4.57 Å². The van der Waals surface area contributed by atoms with Crippen molar-refractivity contribution in [1.29, 1.82) is 0 Å². The first-order chi connectivity index (χ1) is 14.3. The fourth-order valence-corrected chi connectivity index (χ4v) is 4.71. The van der Waals surface area contributed by atoms with Gasteiger partial charge in [0.25, 0.3) is 0 Å². The Bertz CT molecular complexity index is 1170. The quantitative estimate of drug-likeness (QED) is 0.644. The third-order valence-electron chi connectivity index (χ3n) is 6.30. The molecular formula is C21H21FN2O6. The number of aliphatic hydroxyl groups is 2. The maximum absolute atomic E-state index is 15.3. The normalized spacial score (nSPS) is 25.5. The predicted molar refractivity (Wildman–Crippen MR) is 106 cm³/mol. The van der Waals surface area contributed by atoms with Crippen molar-refractivity contribution in [3.63, 3.8) is 0 Å². The molecule has 1 saturated heterocycles. The number of carboxylic acids is 1. The molecular weight excluding hydrogens is 395 g/mol. The fourth-order valence-electron chi connectivity index (χ4n) is 4.71. The number of rotatable bonds is 4. The Kier molecular flexibility index (Phi) is 4.16. The number of pyridine rings is 1. The van der Waals surface area contributed by atoms with Crippen molar-refractivity contribution in [3.8, 4) is 5.75 Å². The summed E-state index contributed by atoms with van der Waals surface area (Å²) >= 11 is 0. The van der Waals surface area contributed by atoms with Gasteiger partial charge in [0.1, 0.15) is 11.3 Å². The van der Waals surface area contributed by atoms with Crippen LogP contribution in [0.1, 0.15) is 29.2 Å². The van der Waals surface area contributed by atoms with Gasteiger partial charge >= 0.3 is 5.97 Å². The van der Waals surface area contributed by atoms with Crippen molar-refractivity contribution in [2.45, 2.75) is 31.1 Å². The van der Waals surface area contributed by atoms with Gasteiger partial charge in [-0.15, -0.1) is 0 Å². The number of aromatic nitrogens is 1. The SMILES string of the molecule is COc1c(N2CC3=CC(O)C(O)C3C2)c(F)cc2c(=O)c(C(=O)O)cn(C3CC3)c12. The van der Waals surface area contributed by atoms with E-state index >= 15 is 4.39 Å². The summed E-state index contributed by atoms with van der Waals surface area (Å²) in [6.45, 7) is 0.613. The molecule has 0 spiro atoms. The minimum Gasteiger partial charge on any atom is -0.492 e. The summed E-state index contributed by atoms with van der Waals surface area (Å²) in [5.41, 5.74) is 0.216. The largest absolute Gasteiger partial charge is 0.492 e. The van der Waals surface area contributed by atoms with Crippen LogP contribution < -0.4 is 15.1 Å². The Balaban J connectivity index is 1.73. The molecule has 158 valence electrons. The lowest BCUT2D eigenvalue weighted by Gasteiger charge is -2.25. The summed E-state index contributed by atoms with van der Waals surface area (Å²) in [5, 5.41) is 29.4. The average Bonchev–Trinajstić information content (AvgIpc) is 3.41. The van der Waals surface area contributed by atoms with Crippen LogP contribution in [0.4, 0.5) is 10.1 Å². The molecule has 1 saturated carbocycles. The highest BCUT2D eigenvalue weighted by molar-refractivity contribution is 5.97. The molecule has 8 nitrogen and oxygen atoms in total. The molecule has 30 heavy (non-hydrogen) atoms. The highest BCUT2D eigenvalue weighted by Gasteiger charge is 2.42. The molecule has 5 rings (SSSR count). The zero-order valence-electron chi connectivity index (χ0n) is 16.2. The number of nitrogens with zero attached hydrogens (tertiary/aromatic N) is 2. The summed E-state index contributed by atoms with van der Waals surface area (Å²) in [6.07, 6.45) is 2.70. The first-order valence-electron chi connectivity index (χ1n) is 9.82. The van der Waals surface area contributed by atoms with Gasteiger partial charge in [-0.3, -0.25) is 4.79 Å². The molecule has 3 atom stereocenters. The van der Waals surface area contributed by atoms with Crippen molar-refractivity contribution in [3.05, 3.63) is 45.5 Å². The van der Waals surface area contributed by atoms with E-state index in [0.717, 1.165) is 24.5 Å². The summed E-state index contributed by atoms with van der Waals surface area (Å²) in [5.74, 6) is -2.19. The second-order valence-electron chi connectivity index (χ2n) is 8.16. The van der Waals surface area contributed by atoms with Crippen molar-refractivity contribution in [2.75, 3.05) is 25.1 Å². The Morgan fingerprint density at radius 2 is 2.03 bits per heavy atom. The van der Waals surface area contributed by atoms with Crippen LogP contribution in [0.3, 0.4) is 0 Å². The Hall–Kier alpha value is -2.91. The standard InChI is InChI=1S/C21H21FN2O6/c1-30-20-16-11(18(26)13(21(28)29)8-24(16)10-2-3-10)5-14(22)17(20)23-6-9-4-15(25)19(27)12(9)7-23/h4-5,8,10,12,15,19,25,27H,2-3,6-7H2,1H3,(H,28,29). The summed E-state index contributed by atoms with van der Waals surface area (Å²) in [7, 11) is 1.39. The van der Waals surface area contributed by atoms with E-state index in [1.54, 1.807) is 15.5 Å². The third kappa shape index (κ3) is 2.65. The van der Waals surface area contributed by atoms with Crippen molar-refractivity contribution >= 4 is 22.6 Å². The lowest BCUT2D eigenvalue weighted by molar-refractivity contribution is 0.0364. The number of hydrogen-bond acceptors (Lipinski definition) is 6. The second-order valence-corrected chi connectivity index (χ2v) is 8.16. The van der Waals surface area contributed by atoms with Gasteiger partial charge in [0.2, 0.25) is 5.43 Å². The Labute approximate surface area is 170 Å². The predicted octanol–water partition coefficient (Wildman–Crippen LogP) is 1.28. The zero-order valence-corrected chi connectivity index (χ0v) is 16.2. The average molecular weight is 416 g/mol. The smallest absolute Gasteiger partial charge is 0.341 e. The number of fused-ring (bicyclic) bond motifs is 2. The topological polar surface area (TPSA) is 112 Å². The molecule has 1 aliphatic heterocycles. The number of ether oxygens (including phenoxy) is 1. The molecule has 2 aliphatic carbocycles. The molecule has 0 amide bonds. The highest BCUT2D eigenvalue weighted by atomic mass is 19.1. The number of carbonyl (C=O) groups is 1. The molecule has 3 aliphatic rings. The molecule has 2 fully saturated rings. The number of aliphatic hydroxyl groups excluding tert-OH is 2. The van der Waals surface area contributed by atoms with E-state index in [4.69, 9.17) is 4.74 Å². The van der Waals surface area contributed by atoms with E-state index in [1.165, 1.54) is 13.3 Å². The lowest BCUT2D eigenvalue weighted by atomic mass is 10.0. The van der Waals surface area contributed by atoms with Crippen LogP contribution >= 0.6 is 0 Å². The maximum Gasteiger partial charge on any atom is 0.341 e. The minimum absolute atomic E-state index is 0.0241. The first kappa shape index (κ1) is 19.1. The number of methoxy groups -OCH3 is 1. The maximum atomic E-state index is 15.3. The van der Waals surface area contributed by atoms with E-state index in [9.17, 15) is 24.9 Å². The zero-order chi connectivity index (χ0) is 21.3. The Morgan fingerprint density at radius 3 is 2.63 bits per heavy atom. The van der Waals surface area contributed by atoms with Crippen molar-refractivity contribution < 1.29 is 29.2 Å². The second kappa shape index (κ2) is 6.55. The summed E-state index contributed by atoms with van der Waals surface area (Å²) in [6, 6.07) is 1.10. The molecule has 2 aromatic rings. The van der Waals surface area contributed by atoms with Gasteiger partial charge in [-0.05, 0) is 24.5 Å². The van der Waals surface area contributed by atoms with E-state index in [-0.39, 0.29) is 28.8 Å². The van der Waals surface area contributed by atoms with Gasteiger partial charge in [0.15, 0.2) is 11.6 Å². The van der Waals surface area contributed by atoms with Crippen LogP contribution in [-0.4, -0.2) is 58.3 Å². The number of carboxylic acid groups (broad SMARTS) is 1. The molecule has 3 N–H and O–H groups in total. The van der Waals surface area contributed by atoms with E-state index in [0.29, 0.717) is 18.6 Å². The molecule has 1 aromatic carbocycles. The summed E-state index contributed by atoms with van der Waals surface area (Å²) < 4.78 is 22.6.